The van der Waals surface area contributed by atoms with Crippen LogP contribution in [0.2, 0.25) is 5.02 Å². The molecule has 0 bridgehead atoms. The van der Waals surface area contributed by atoms with Gasteiger partial charge in [-0.3, -0.25) is 14.1 Å². The molecule has 2 heterocycles. The smallest absolute Gasteiger partial charge is 0.407 e. The van der Waals surface area contributed by atoms with Gasteiger partial charge in [0.15, 0.2) is 0 Å². The van der Waals surface area contributed by atoms with Crippen LogP contribution in [0.1, 0.15) is 21.4 Å². The van der Waals surface area contributed by atoms with Crippen LogP contribution in [0.15, 0.2) is 77.1 Å². The highest BCUT2D eigenvalue weighted by atomic mass is 35.5. The van der Waals surface area contributed by atoms with E-state index in [1.54, 1.807) is 12.1 Å². The summed E-state index contributed by atoms with van der Waals surface area (Å²) >= 11 is 9.40. The molecule has 0 spiro atoms. The molecule has 0 radical (unpaired) electrons. The van der Waals surface area contributed by atoms with Crippen molar-refractivity contribution in [1.82, 2.24) is 16.0 Å². The number of carbonyl (C=O) groups is 2. The number of alkyl carbamates (subject to hydrolysis) is 1. The molecule has 40 heavy (non-hydrogen) atoms. The lowest BCUT2D eigenvalue weighted by atomic mass is 10.0. The minimum atomic E-state index is -4.40. The van der Waals surface area contributed by atoms with Crippen molar-refractivity contribution in [3.05, 3.63) is 98.2 Å². The summed E-state index contributed by atoms with van der Waals surface area (Å²) in [6, 6.07) is 16.1. The van der Waals surface area contributed by atoms with E-state index in [1.807, 2.05) is 51.9 Å². The van der Waals surface area contributed by atoms with Gasteiger partial charge in [-0.15, -0.1) is 23.1 Å². The molecular formula is C26H27ClN4O6S3. The average molecular weight is 623 g/mol. The minimum Gasteiger partial charge on any atom is -0.453 e. The Kier molecular flexibility index (Phi) is 9.98. The lowest BCUT2D eigenvalue weighted by molar-refractivity contribution is -0.123. The average Bonchev–Trinajstić information content (AvgIpc) is 3.57. The quantitative estimate of drug-likeness (QED) is 0.197. The van der Waals surface area contributed by atoms with E-state index in [2.05, 4.69) is 16.0 Å². The Hall–Kier alpha value is -3.23. The minimum absolute atomic E-state index is 0.128. The van der Waals surface area contributed by atoms with Gasteiger partial charge in [-0.05, 0) is 46.5 Å². The second-order valence-corrected chi connectivity index (χ2v) is 12.3. The standard InChI is InChI=1S/C26H27ClN4O6S3/c1-37-26(33)30-21(14-16-5-3-2-4-6-16)24(32)28-20(13-17-7-9-18(10-8-17)31-40(34,35)36)22-15-39-25(29-22)23-19(27)11-12-38-23/h2-12,15,20-21,25,29,31H,13-14H2,1H3,(H,28,32)(H,30,33)(H,34,35,36)/t20-,21-,25?/m0/s1. The molecule has 14 heteroatoms. The van der Waals surface area contributed by atoms with Crippen LogP contribution in [0.5, 0.6) is 0 Å². The zero-order chi connectivity index (χ0) is 28.7. The monoisotopic (exact) mass is 622 g/mol. The zero-order valence-electron chi connectivity index (χ0n) is 21.2. The first-order chi connectivity index (χ1) is 19.1. The number of amides is 2. The van der Waals surface area contributed by atoms with Crippen molar-refractivity contribution in [1.29, 1.82) is 0 Å². The summed E-state index contributed by atoms with van der Waals surface area (Å²) < 4.78 is 38.1. The fourth-order valence-corrected chi connectivity index (χ4v) is 6.92. The van der Waals surface area contributed by atoms with Crippen LogP contribution in [0.25, 0.3) is 0 Å². The van der Waals surface area contributed by atoms with Crippen LogP contribution >= 0.6 is 34.7 Å². The van der Waals surface area contributed by atoms with E-state index in [1.165, 1.54) is 42.3 Å². The molecule has 1 aliphatic rings. The van der Waals surface area contributed by atoms with Gasteiger partial charge in [0.2, 0.25) is 5.91 Å². The predicted octanol–water partition coefficient (Wildman–Crippen LogP) is 4.49. The molecule has 2 aromatic carbocycles. The lowest BCUT2D eigenvalue weighted by Crippen LogP contribution is -2.52. The third-order valence-electron chi connectivity index (χ3n) is 5.92. The van der Waals surface area contributed by atoms with E-state index in [0.717, 1.165) is 21.7 Å². The summed E-state index contributed by atoms with van der Waals surface area (Å²) in [6.45, 7) is 0. The first kappa shape index (κ1) is 29.7. The first-order valence-corrected chi connectivity index (χ1v) is 15.6. The van der Waals surface area contributed by atoms with Gasteiger partial charge in [-0.2, -0.15) is 8.42 Å². The molecule has 4 rings (SSSR count). The van der Waals surface area contributed by atoms with E-state index in [4.69, 9.17) is 20.9 Å². The lowest BCUT2D eigenvalue weighted by Gasteiger charge is -2.25. The SMILES string of the molecule is COC(=O)N[C@@H](Cc1ccccc1)C(=O)N[C@@H](Cc1ccc(NS(=O)(=O)O)cc1)C1=CSC(c2sccc2Cl)N1. The molecule has 10 nitrogen and oxygen atoms in total. The second-order valence-electron chi connectivity index (χ2n) is 8.78. The van der Waals surface area contributed by atoms with Crippen LogP contribution in [0.3, 0.4) is 0 Å². The maximum atomic E-state index is 13.6. The van der Waals surface area contributed by atoms with Gasteiger partial charge in [0.1, 0.15) is 11.4 Å². The highest BCUT2D eigenvalue weighted by Gasteiger charge is 2.30. The fourth-order valence-electron chi connectivity index (χ4n) is 4.03. The van der Waals surface area contributed by atoms with E-state index >= 15 is 0 Å². The molecule has 3 atom stereocenters. The zero-order valence-corrected chi connectivity index (χ0v) is 24.4. The van der Waals surface area contributed by atoms with Crippen molar-refractivity contribution in [3.8, 4) is 0 Å². The Morgan fingerprint density at radius 1 is 1.05 bits per heavy atom. The van der Waals surface area contributed by atoms with Gasteiger partial charge in [0.25, 0.3) is 0 Å². The third-order valence-corrected chi connectivity index (χ3v) is 9.00. The van der Waals surface area contributed by atoms with Crippen LogP contribution < -0.4 is 20.7 Å². The molecular weight excluding hydrogens is 596 g/mol. The third kappa shape index (κ3) is 8.38. The summed E-state index contributed by atoms with van der Waals surface area (Å²) in [5.41, 5.74) is 2.60. The van der Waals surface area contributed by atoms with E-state index in [-0.39, 0.29) is 17.5 Å². The van der Waals surface area contributed by atoms with Gasteiger partial charge in [0, 0.05) is 12.1 Å². The van der Waals surface area contributed by atoms with E-state index < -0.39 is 34.4 Å². The van der Waals surface area contributed by atoms with Crippen LogP contribution in [0, 0.1) is 0 Å². The molecule has 1 aliphatic heterocycles. The van der Waals surface area contributed by atoms with Gasteiger partial charge in [-0.1, -0.05) is 54.1 Å². The Morgan fingerprint density at radius 2 is 1.75 bits per heavy atom. The van der Waals surface area contributed by atoms with Crippen LogP contribution in [0.4, 0.5) is 10.5 Å². The molecule has 0 aliphatic carbocycles. The number of thioether (sulfide) groups is 1. The van der Waals surface area contributed by atoms with Crippen molar-refractivity contribution >= 4 is 62.7 Å². The summed E-state index contributed by atoms with van der Waals surface area (Å²) in [6.07, 6.45) is -0.131. The Morgan fingerprint density at radius 3 is 2.38 bits per heavy atom. The number of carbonyl (C=O) groups excluding carboxylic acids is 2. The number of methoxy groups -OCH3 is 1. The van der Waals surface area contributed by atoms with Gasteiger partial charge in [0.05, 0.1) is 28.7 Å². The molecule has 0 saturated carbocycles. The molecule has 1 unspecified atom stereocenters. The fraction of sp³-hybridized carbons (Fsp3) is 0.231. The van der Waals surface area contributed by atoms with Crippen molar-refractivity contribution in [2.45, 2.75) is 30.3 Å². The number of halogens is 1. The molecule has 3 aromatic rings. The highest BCUT2D eigenvalue weighted by molar-refractivity contribution is 8.02. The molecule has 5 N–H and O–H groups in total. The second kappa shape index (κ2) is 13.4. The maximum Gasteiger partial charge on any atom is 0.407 e. The maximum absolute atomic E-state index is 13.6. The number of thiophene rings is 1. The largest absolute Gasteiger partial charge is 0.453 e. The molecule has 0 saturated heterocycles. The molecule has 1 aromatic heterocycles. The number of ether oxygens (including phenoxy) is 1. The van der Waals surface area contributed by atoms with E-state index in [0.29, 0.717) is 11.4 Å². The van der Waals surface area contributed by atoms with E-state index in [9.17, 15) is 18.0 Å². The normalized spacial score (nSPS) is 16.3. The van der Waals surface area contributed by atoms with Crippen LogP contribution in [-0.2, 0) is 32.7 Å². The number of nitrogens with one attached hydrogen (secondary N) is 4. The topological polar surface area (TPSA) is 146 Å². The predicted molar refractivity (Wildman–Crippen MR) is 158 cm³/mol. The highest BCUT2D eigenvalue weighted by Crippen LogP contribution is 2.41. The van der Waals surface area contributed by atoms with Crippen molar-refractivity contribution in [3.63, 3.8) is 0 Å². The summed E-state index contributed by atoms with van der Waals surface area (Å²) in [7, 11) is -3.17. The Labute approximate surface area is 245 Å². The number of rotatable bonds is 11. The van der Waals surface area contributed by atoms with Crippen LogP contribution in [-0.4, -0.2) is 44.2 Å². The van der Waals surface area contributed by atoms with Gasteiger partial charge >= 0.3 is 16.4 Å². The Balaban J connectivity index is 1.55. The summed E-state index contributed by atoms with van der Waals surface area (Å²) in [4.78, 5) is 26.6. The number of hydrogen-bond acceptors (Lipinski definition) is 8. The van der Waals surface area contributed by atoms with Crippen molar-refractivity contribution < 1.29 is 27.3 Å². The number of anilines is 1. The summed E-state index contributed by atoms with van der Waals surface area (Å²) in [5.74, 6) is -0.408. The molecule has 212 valence electrons. The molecule has 2 amide bonds. The molecule has 0 fully saturated rings. The first-order valence-electron chi connectivity index (χ1n) is 12.0. The summed E-state index contributed by atoms with van der Waals surface area (Å²) in [5, 5.41) is 13.5. The van der Waals surface area contributed by atoms with Gasteiger partial charge in [-0.25, -0.2) is 4.79 Å². The van der Waals surface area contributed by atoms with Gasteiger partial charge < -0.3 is 20.7 Å². The van der Waals surface area contributed by atoms with Crippen molar-refractivity contribution in [2.24, 2.45) is 0 Å². The number of benzene rings is 2. The number of hydrogen-bond donors (Lipinski definition) is 5. The van der Waals surface area contributed by atoms with Crippen molar-refractivity contribution in [2.75, 3.05) is 11.8 Å². The Bertz CT molecular complexity index is 1470.